The van der Waals surface area contributed by atoms with Crippen LogP contribution in [0.25, 0.3) is 0 Å². The van der Waals surface area contributed by atoms with Crippen molar-refractivity contribution in [3.05, 3.63) is 0 Å². The van der Waals surface area contributed by atoms with E-state index in [-0.39, 0.29) is 64.2 Å². The van der Waals surface area contributed by atoms with Crippen molar-refractivity contribution >= 4 is 28.7 Å². The SMILES string of the molecule is CCCCCCCCCCCCCCCCCC[N+](C)(C)CCC(=O)NC(C)(COCCCP(=O)(O)O)C(OCCCP(=O)(O)O)OCCCP(=O)(O)O. The smallest absolute Gasteiger partial charge is 0.325 e. The second kappa shape index (κ2) is 29.9. The molecule has 0 aliphatic rings. The van der Waals surface area contributed by atoms with Crippen LogP contribution in [0.5, 0.6) is 0 Å². The van der Waals surface area contributed by atoms with Crippen LogP contribution >= 0.6 is 22.8 Å². The Balaban J connectivity index is 4.96. The fourth-order valence-corrected chi connectivity index (χ4v) is 7.77. The van der Waals surface area contributed by atoms with Crippen molar-refractivity contribution in [2.75, 3.05) is 72.1 Å². The van der Waals surface area contributed by atoms with Gasteiger partial charge in [-0.15, -0.1) is 0 Å². The number of hydrogen-bond acceptors (Lipinski definition) is 7. The topological polar surface area (TPSA) is 229 Å². The van der Waals surface area contributed by atoms with Gasteiger partial charge in [0, 0.05) is 6.61 Å². The van der Waals surface area contributed by atoms with Crippen molar-refractivity contribution in [1.82, 2.24) is 5.32 Å². The second-order valence-electron chi connectivity index (χ2n) is 15.8. The Morgan fingerprint density at radius 1 is 0.593 bits per heavy atom. The van der Waals surface area contributed by atoms with E-state index >= 15 is 0 Å². The molecule has 54 heavy (non-hydrogen) atoms. The average molecular weight is 840 g/mol. The molecule has 0 aromatic heterocycles. The maximum atomic E-state index is 13.4. The minimum atomic E-state index is -4.29. The summed E-state index contributed by atoms with van der Waals surface area (Å²) in [5, 5.41) is 2.93. The summed E-state index contributed by atoms with van der Waals surface area (Å²) in [5.41, 5.74) is -1.37. The first kappa shape index (κ1) is 53.8. The lowest BCUT2D eigenvalue weighted by atomic mass is 10.0. The van der Waals surface area contributed by atoms with Crippen LogP contribution in [0.1, 0.15) is 142 Å². The van der Waals surface area contributed by atoms with Gasteiger partial charge >= 0.3 is 22.8 Å². The van der Waals surface area contributed by atoms with Crippen molar-refractivity contribution in [2.24, 2.45) is 0 Å². The highest BCUT2D eigenvalue weighted by atomic mass is 31.2. The van der Waals surface area contributed by atoms with E-state index in [1.807, 2.05) is 0 Å². The van der Waals surface area contributed by atoms with Gasteiger partial charge in [-0.1, -0.05) is 96.8 Å². The number of carbonyl (C=O) groups is 1. The van der Waals surface area contributed by atoms with E-state index in [1.54, 1.807) is 6.92 Å². The van der Waals surface area contributed by atoms with Crippen molar-refractivity contribution in [2.45, 2.75) is 154 Å². The highest BCUT2D eigenvalue weighted by Gasteiger charge is 2.39. The quantitative estimate of drug-likeness (QED) is 0.0149. The van der Waals surface area contributed by atoms with Crippen LogP contribution < -0.4 is 5.32 Å². The maximum Gasteiger partial charge on any atom is 0.325 e. The van der Waals surface area contributed by atoms with Crippen LogP contribution in [0.3, 0.4) is 0 Å². The van der Waals surface area contributed by atoms with Crippen molar-refractivity contribution in [1.29, 1.82) is 0 Å². The van der Waals surface area contributed by atoms with Gasteiger partial charge in [0.25, 0.3) is 0 Å². The maximum absolute atomic E-state index is 13.4. The number of unbranched alkanes of at least 4 members (excludes halogenated alkanes) is 15. The first-order valence-electron chi connectivity index (χ1n) is 20.3. The lowest BCUT2D eigenvalue weighted by molar-refractivity contribution is -0.890. The molecule has 1 unspecified atom stereocenters. The van der Waals surface area contributed by atoms with Crippen molar-refractivity contribution in [3.8, 4) is 0 Å². The van der Waals surface area contributed by atoms with Crippen LogP contribution in [0.2, 0.25) is 0 Å². The molecule has 0 spiro atoms. The summed E-state index contributed by atoms with van der Waals surface area (Å²) < 4.78 is 52.0. The Morgan fingerprint density at radius 2 is 0.963 bits per heavy atom. The molecule has 324 valence electrons. The molecule has 0 aliphatic heterocycles. The molecule has 7 N–H and O–H groups in total. The first-order valence-corrected chi connectivity index (χ1v) is 25.6. The van der Waals surface area contributed by atoms with Gasteiger partial charge in [0.2, 0.25) is 5.91 Å². The molecule has 18 heteroatoms. The molecule has 0 saturated heterocycles. The molecule has 15 nitrogen and oxygen atoms in total. The van der Waals surface area contributed by atoms with Gasteiger partial charge in [0.1, 0.15) is 5.54 Å². The zero-order valence-corrected chi connectivity index (χ0v) is 36.6. The largest absolute Gasteiger partial charge is 0.379 e. The van der Waals surface area contributed by atoms with Crippen LogP contribution in [0.4, 0.5) is 0 Å². The molecule has 0 bridgehead atoms. The highest BCUT2D eigenvalue weighted by Crippen LogP contribution is 2.36. The van der Waals surface area contributed by atoms with Gasteiger partial charge in [-0.05, 0) is 39.0 Å². The van der Waals surface area contributed by atoms with E-state index < -0.39 is 46.9 Å². The lowest BCUT2D eigenvalue weighted by Crippen LogP contribution is -2.60. The van der Waals surface area contributed by atoms with Gasteiger partial charge in [-0.2, -0.15) is 0 Å². The number of carbonyl (C=O) groups excluding carboxylic acids is 1. The molecule has 0 rings (SSSR count). The number of amides is 1. The Kier molecular flexibility index (Phi) is 29.8. The zero-order valence-electron chi connectivity index (χ0n) is 33.9. The minimum absolute atomic E-state index is 0.0230. The second-order valence-corrected chi connectivity index (χ2v) is 21.1. The minimum Gasteiger partial charge on any atom is -0.379 e. The number of ether oxygens (including phenoxy) is 3. The summed E-state index contributed by atoms with van der Waals surface area (Å²) in [4.78, 5) is 68.7. The number of nitrogens with zero attached hydrogens (tertiary/aromatic N) is 1. The standard InChI is InChI=1S/C36H77N2O13P3/c1-5-6-7-8-9-10-11-12-13-14-15-16-17-18-19-20-25-38(3,4)26-24-34(39)37-36(2,33-49-27-21-30-52(40,41)42)35(50-28-22-31-53(43,44)45)51-29-23-32-54(46,47)48/h35H,5-33H2,1-4H3,(H6-,37,39,40,41,42,43,44,45,46,47,48)/p+1. The summed E-state index contributed by atoms with van der Waals surface area (Å²) in [6.07, 6.45) is 18.5. The van der Waals surface area contributed by atoms with Crippen LogP contribution in [0.15, 0.2) is 0 Å². The molecule has 0 heterocycles. The molecule has 0 aromatic carbocycles. The molecular formula is C36H78N2O13P3+. The number of nitrogens with one attached hydrogen (secondary N) is 1. The number of rotatable bonds is 38. The van der Waals surface area contributed by atoms with Gasteiger partial charge in [0.15, 0.2) is 6.29 Å². The van der Waals surface area contributed by atoms with E-state index in [2.05, 4.69) is 26.3 Å². The molecule has 0 fully saturated rings. The van der Waals surface area contributed by atoms with Crippen molar-refractivity contribution in [3.63, 3.8) is 0 Å². The average Bonchev–Trinajstić information content (AvgIpc) is 3.04. The number of hydrogen-bond donors (Lipinski definition) is 7. The molecular weight excluding hydrogens is 761 g/mol. The number of quaternary nitrogens is 1. The van der Waals surface area contributed by atoms with Crippen molar-refractivity contribution < 1.29 is 66.5 Å². The van der Waals surface area contributed by atoms with Gasteiger partial charge in [0.05, 0.1) is 71.9 Å². The molecule has 0 saturated carbocycles. The van der Waals surface area contributed by atoms with E-state index in [0.29, 0.717) is 11.0 Å². The Bertz CT molecular complexity index is 1070. The molecule has 1 amide bonds. The fraction of sp³-hybridized carbons (Fsp3) is 0.972. The van der Waals surface area contributed by atoms with Gasteiger partial charge in [-0.3, -0.25) is 18.5 Å². The predicted octanol–water partition coefficient (Wildman–Crippen LogP) is 6.67. The molecule has 1 atom stereocenters. The van der Waals surface area contributed by atoms with Crippen LogP contribution in [0, 0.1) is 0 Å². The summed E-state index contributed by atoms with van der Waals surface area (Å²) in [6.45, 7) is 4.79. The molecule has 0 aromatic rings. The van der Waals surface area contributed by atoms with Gasteiger partial charge < -0.3 is 53.4 Å². The monoisotopic (exact) mass is 839 g/mol. The van der Waals surface area contributed by atoms with E-state index in [4.69, 9.17) is 14.2 Å². The Morgan fingerprint density at radius 3 is 1.35 bits per heavy atom. The predicted molar refractivity (Wildman–Crippen MR) is 214 cm³/mol. The third-order valence-corrected chi connectivity index (χ3v) is 12.1. The Hall–Kier alpha value is -0.240. The normalized spacial score (nSPS) is 14.1. The third-order valence-electron chi connectivity index (χ3n) is 9.37. The fourth-order valence-electron chi connectivity index (χ4n) is 6.14. The highest BCUT2D eigenvalue weighted by molar-refractivity contribution is 7.52. The zero-order chi connectivity index (χ0) is 41.0. The van der Waals surface area contributed by atoms with E-state index in [0.717, 1.165) is 19.4 Å². The molecule has 0 aliphatic carbocycles. The summed E-state index contributed by atoms with van der Waals surface area (Å²) in [6, 6.07) is 0. The van der Waals surface area contributed by atoms with Crippen LogP contribution in [-0.2, 0) is 32.7 Å². The lowest BCUT2D eigenvalue weighted by Gasteiger charge is -2.38. The summed E-state index contributed by atoms with van der Waals surface area (Å²) in [5.74, 6) is -0.322. The third kappa shape index (κ3) is 35.0. The van der Waals surface area contributed by atoms with Gasteiger partial charge in [-0.25, -0.2) is 0 Å². The Labute approximate surface area is 326 Å². The summed E-state index contributed by atoms with van der Waals surface area (Å²) in [7, 11) is -8.65. The van der Waals surface area contributed by atoms with Crippen LogP contribution in [-0.4, -0.2) is 124 Å². The molecule has 0 radical (unpaired) electrons. The summed E-state index contributed by atoms with van der Waals surface area (Å²) >= 11 is 0. The van der Waals surface area contributed by atoms with E-state index in [1.165, 1.54) is 89.9 Å². The first-order chi connectivity index (χ1) is 25.2. The van der Waals surface area contributed by atoms with E-state index in [9.17, 15) is 47.9 Å².